The molecule has 0 heteroatoms. The van der Waals surface area contributed by atoms with Gasteiger partial charge in [-0.1, -0.05) is 53.5 Å². The maximum atomic E-state index is 3.97. The van der Waals surface area contributed by atoms with E-state index in [9.17, 15) is 0 Å². The second kappa shape index (κ2) is 5.85. The van der Waals surface area contributed by atoms with Gasteiger partial charge in [-0.25, -0.2) is 0 Å². The molecule has 5 atom stereocenters. The molecule has 0 aliphatic heterocycles. The molecule has 0 saturated heterocycles. The highest BCUT2D eigenvalue weighted by molar-refractivity contribution is 5.02. The van der Waals surface area contributed by atoms with E-state index in [0.29, 0.717) is 16.7 Å². The van der Waals surface area contributed by atoms with Crippen molar-refractivity contribution in [1.29, 1.82) is 0 Å². The van der Waals surface area contributed by atoms with E-state index in [1.807, 2.05) is 0 Å². The zero-order valence-electron chi connectivity index (χ0n) is 14.5. The molecule has 0 amide bonds. The lowest BCUT2D eigenvalue weighted by Crippen LogP contribution is -2.51. The van der Waals surface area contributed by atoms with Crippen LogP contribution >= 0.6 is 0 Å². The van der Waals surface area contributed by atoms with Crippen LogP contribution in [0.15, 0.2) is 12.7 Å². The third kappa shape index (κ3) is 2.85. The van der Waals surface area contributed by atoms with Gasteiger partial charge >= 0.3 is 0 Å². The quantitative estimate of drug-likeness (QED) is 0.516. The molecule has 0 N–H and O–H groups in total. The molecular formula is C20H36. The lowest BCUT2D eigenvalue weighted by atomic mass is 9.46. The largest absolute Gasteiger partial charge is 0.103 e. The molecule has 0 aromatic heterocycles. The first-order chi connectivity index (χ1) is 9.31. The first-order valence-corrected chi connectivity index (χ1v) is 8.94. The van der Waals surface area contributed by atoms with Gasteiger partial charge in [0.1, 0.15) is 0 Å². The molecular weight excluding hydrogens is 240 g/mol. The van der Waals surface area contributed by atoms with Crippen LogP contribution in [0.5, 0.6) is 0 Å². The van der Waals surface area contributed by atoms with Crippen LogP contribution in [0, 0.1) is 34.5 Å². The highest BCUT2D eigenvalue weighted by atomic mass is 14.6. The van der Waals surface area contributed by atoms with Crippen molar-refractivity contribution in [3.05, 3.63) is 12.7 Å². The van der Waals surface area contributed by atoms with E-state index < -0.39 is 0 Å². The highest BCUT2D eigenvalue weighted by Crippen LogP contribution is 2.62. The summed E-state index contributed by atoms with van der Waals surface area (Å²) in [5, 5.41) is 0. The van der Waals surface area contributed by atoms with Crippen molar-refractivity contribution in [2.24, 2.45) is 34.5 Å². The lowest BCUT2D eigenvalue weighted by Gasteiger charge is -2.59. The van der Waals surface area contributed by atoms with E-state index in [0.717, 1.165) is 17.8 Å². The molecule has 0 spiro atoms. The fourth-order valence-electron chi connectivity index (χ4n) is 5.79. The second-order valence-electron chi connectivity index (χ2n) is 8.85. The first kappa shape index (κ1) is 16.1. The van der Waals surface area contributed by atoms with Gasteiger partial charge in [0, 0.05) is 0 Å². The lowest BCUT2D eigenvalue weighted by molar-refractivity contribution is -0.0968. The van der Waals surface area contributed by atoms with Crippen LogP contribution in [0.25, 0.3) is 0 Å². The van der Waals surface area contributed by atoms with E-state index in [2.05, 4.69) is 47.3 Å². The predicted octanol–water partition coefficient (Wildman–Crippen LogP) is 6.47. The summed E-state index contributed by atoms with van der Waals surface area (Å²) in [6.07, 6.45) is 12.2. The Morgan fingerprint density at radius 3 is 2.55 bits per heavy atom. The Hall–Kier alpha value is -0.260. The van der Waals surface area contributed by atoms with Crippen LogP contribution in [-0.2, 0) is 0 Å². The van der Waals surface area contributed by atoms with Gasteiger partial charge in [0.2, 0.25) is 0 Å². The summed E-state index contributed by atoms with van der Waals surface area (Å²) in [4.78, 5) is 0. The van der Waals surface area contributed by atoms with Crippen molar-refractivity contribution in [2.75, 3.05) is 0 Å². The van der Waals surface area contributed by atoms with Crippen molar-refractivity contribution in [2.45, 2.75) is 79.6 Å². The molecule has 0 nitrogen and oxygen atoms in total. The SMILES string of the molecule is C=CC(C)CCC1C(C)CCC2C(C)(C)CCCC12C. The molecule has 0 bridgehead atoms. The summed E-state index contributed by atoms with van der Waals surface area (Å²) >= 11 is 0. The monoisotopic (exact) mass is 276 g/mol. The van der Waals surface area contributed by atoms with Gasteiger partial charge in [0.15, 0.2) is 0 Å². The summed E-state index contributed by atoms with van der Waals surface area (Å²) in [5.41, 5.74) is 1.16. The molecule has 0 aromatic carbocycles. The van der Waals surface area contributed by atoms with Crippen LogP contribution < -0.4 is 0 Å². The molecule has 20 heavy (non-hydrogen) atoms. The van der Waals surface area contributed by atoms with E-state index in [1.165, 1.54) is 44.9 Å². The Kier molecular flexibility index (Phi) is 4.72. The normalized spacial score (nSPS) is 41.8. The minimum Gasteiger partial charge on any atom is -0.103 e. The standard InChI is InChI=1S/C20H36/c1-7-15(2)9-11-17-16(3)10-12-18-19(4,5)13-8-14-20(17,18)6/h7,15-18H,1,8-14H2,2-6H3. The second-order valence-corrected chi connectivity index (χ2v) is 8.85. The maximum absolute atomic E-state index is 3.97. The maximum Gasteiger partial charge on any atom is -0.0262 e. The van der Waals surface area contributed by atoms with Gasteiger partial charge in [-0.15, -0.1) is 6.58 Å². The Morgan fingerprint density at radius 1 is 1.20 bits per heavy atom. The molecule has 116 valence electrons. The molecule has 2 saturated carbocycles. The summed E-state index contributed by atoms with van der Waals surface area (Å²) in [7, 11) is 0. The van der Waals surface area contributed by atoms with Crippen LogP contribution in [0.4, 0.5) is 0 Å². The van der Waals surface area contributed by atoms with Crippen molar-refractivity contribution < 1.29 is 0 Å². The molecule has 2 aliphatic carbocycles. The minimum atomic E-state index is 0.565. The molecule has 2 aliphatic rings. The van der Waals surface area contributed by atoms with Crippen LogP contribution in [0.1, 0.15) is 79.6 Å². The molecule has 2 fully saturated rings. The number of hydrogen-bond acceptors (Lipinski definition) is 0. The van der Waals surface area contributed by atoms with Crippen molar-refractivity contribution in [1.82, 2.24) is 0 Å². The number of rotatable bonds is 4. The van der Waals surface area contributed by atoms with E-state index in [4.69, 9.17) is 0 Å². The van der Waals surface area contributed by atoms with Gasteiger partial charge in [-0.3, -0.25) is 0 Å². The molecule has 0 heterocycles. The third-order valence-corrected chi connectivity index (χ3v) is 7.06. The number of allylic oxidation sites excluding steroid dienone is 1. The molecule has 5 unspecified atom stereocenters. The Balaban J connectivity index is 2.17. The summed E-state index contributed by atoms with van der Waals surface area (Å²) < 4.78 is 0. The average molecular weight is 277 g/mol. The summed E-state index contributed by atoms with van der Waals surface area (Å²) in [5.74, 6) is 3.48. The smallest absolute Gasteiger partial charge is 0.0262 e. The van der Waals surface area contributed by atoms with Crippen LogP contribution in [0.3, 0.4) is 0 Å². The van der Waals surface area contributed by atoms with E-state index in [-0.39, 0.29) is 0 Å². The van der Waals surface area contributed by atoms with Gasteiger partial charge in [0.25, 0.3) is 0 Å². The van der Waals surface area contributed by atoms with Gasteiger partial charge in [-0.2, -0.15) is 0 Å². The van der Waals surface area contributed by atoms with Gasteiger partial charge < -0.3 is 0 Å². The van der Waals surface area contributed by atoms with Gasteiger partial charge in [0.05, 0.1) is 0 Å². The fourth-order valence-corrected chi connectivity index (χ4v) is 5.79. The summed E-state index contributed by atoms with van der Waals surface area (Å²) in [6.45, 7) is 16.5. The van der Waals surface area contributed by atoms with Crippen molar-refractivity contribution in [3.8, 4) is 0 Å². The van der Waals surface area contributed by atoms with Crippen LogP contribution in [-0.4, -0.2) is 0 Å². The Bertz CT molecular complexity index is 340. The first-order valence-electron chi connectivity index (χ1n) is 8.94. The highest BCUT2D eigenvalue weighted by Gasteiger charge is 2.53. The average Bonchev–Trinajstić information content (AvgIpc) is 2.36. The molecule has 0 aromatic rings. The number of fused-ring (bicyclic) bond motifs is 1. The predicted molar refractivity (Wildman–Crippen MR) is 89.7 cm³/mol. The summed E-state index contributed by atoms with van der Waals surface area (Å²) in [6, 6.07) is 0. The van der Waals surface area contributed by atoms with Crippen molar-refractivity contribution >= 4 is 0 Å². The third-order valence-electron chi connectivity index (χ3n) is 7.06. The number of hydrogen-bond donors (Lipinski definition) is 0. The fraction of sp³-hybridized carbons (Fsp3) is 0.900. The van der Waals surface area contributed by atoms with Crippen LogP contribution in [0.2, 0.25) is 0 Å². The minimum absolute atomic E-state index is 0.565. The van der Waals surface area contributed by atoms with E-state index >= 15 is 0 Å². The Labute approximate surface area is 127 Å². The Morgan fingerprint density at radius 2 is 1.90 bits per heavy atom. The zero-order valence-corrected chi connectivity index (χ0v) is 14.5. The van der Waals surface area contributed by atoms with E-state index in [1.54, 1.807) is 0 Å². The molecule has 2 rings (SSSR count). The van der Waals surface area contributed by atoms with Gasteiger partial charge in [-0.05, 0) is 66.6 Å². The zero-order chi connectivity index (χ0) is 15.0. The topological polar surface area (TPSA) is 0 Å². The molecule has 0 radical (unpaired) electrons. The van der Waals surface area contributed by atoms with Crippen molar-refractivity contribution in [3.63, 3.8) is 0 Å².